The largest absolute Gasteiger partial charge is 0.496 e. The molecule has 1 aliphatic rings. The number of benzene rings is 1. The number of primary amides is 1. The number of allylic oxidation sites excluding steroid dienone is 1. The first kappa shape index (κ1) is 15.3. The van der Waals surface area contributed by atoms with E-state index in [0.29, 0.717) is 16.4 Å². The van der Waals surface area contributed by atoms with Gasteiger partial charge in [-0.25, -0.2) is 0 Å². The van der Waals surface area contributed by atoms with Crippen molar-refractivity contribution in [2.75, 3.05) is 7.11 Å². The van der Waals surface area contributed by atoms with Gasteiger partial charge in [-0.1, -0.05) is 0 Å². The molecule has 1 heterocycles. The third-order valence-corrected chi connectivity index (χ3v) is 3.85. The van der Waals surface area contributed by atoms with Crippen molar-refractivity contribution in [3.63, 3.8) is 0 Å². The van der Waals surface area contributed by atoms with E-state index in [1.165, 1.54) is 0 Å². The van der Waals surface area contributed by atoms with Crippen molar-refractivity contribution in [1.29, 1.82) is 0 Å². The normalized spacial score (nSPS) is 18.1. The molecule has 0 fully saturated rings. The number of nitrogens with two attached hydrogens (primary N) is 1. The Morgan fingerprint density at radius 1 is 1.29 bits per heavy atom. The number of nitrogens with one attached hydrogen (secondary N) is 2. The first-order valence-corrected chi connectivity index (χ1v) is 6.99. The lowest BCUT2D eigenvalue weighted by molar-refractivity contribution is -0.115. The van der Waals surface area contributed by atoms with Crippen LogP contribution in [-0.2, 0) is 4.79 Å². The molecular weight excluding hydrogens is 286 g/mol. The molecule has 0 radical (unpaired) electrons. The van der Waals surface area contributed by atoms with E-state index < -0.39 is 5.91 Å². The van der Waals surface area contributed by atoms with Crippen LogP contribution in [-0.4, -0.2) is 18.1 Å². The van der Waals surface area contributed by atoms with Gasteiger partial charge in [-0.15, -0.1) is 0 Å². The highest BCUT2D eigenvalue weighted by Crippen LogP contribution is 2.32. The maximum absolute atomic E-state index is 11.8. The van der Waals surface area contributed by atoms with Gasteiger partial charge in [0.15, 0.2) is 5.11 Å². The molecule has 0 bridgehead atoms. The first-order chi connectivity index (χ1) is 9.85. The van der Waals surface area contributed by atoms with Gasteiger partial charge in [0.05, 0.1) is 18.7 Å². The maximum atomic E-state index is 11.8. The number of amides is 1. The predicted octanol–water partition coefficient (Wildman–Crippen LogP) is 1.59. The van der Waals surface area contributed by atoms with Gasteiger partial charge in [-0.3, -0.25) is 4.79 Å². The minimum atomic E-state index is -0.465. The van der Waals surface area contributed by atoms with E-state index in [0.717, 1.165) is 22.4 Å². The van der Waals surface area contributed by atoms with Gasteiger partial charge in [0.1, 0.15) is 5.75 Å². The van der Waals surface area contributed by atoms with Gasteiger partial charge in [-0.2, -0.15) is 0 Å². The number of hydrogen-bond acceptors (Lipinski definition) is 3. The zero-order valence-corrected chi connectivity index (χ0v) is 13.4. The van der Waals surface area contributed by atoms with E-state index in [2.05, 4.69) is 10.6 Å². The summed E-state index contributed by atoms with van der Waals surface area (Å²) in [6, 6.07) is 3.60. The molecule has 5 nitrogen and oxygen atoms in total. The zero-order valence-electron chi connectivity index (χ0n) is 12.5. The first-order valence-electron chi connectivity index (χ1n) is 6.58. The van der Waals surface area contributed by atoms with Crippen molar-refractivity contribution in [2.24, 2.45) is 5.73 Å². The fourth-order valence-corrected chi connectivity index (χ4v) is 2.87. The van der Waals surface area contributed by atoms with Crippen LogP contribution in [0.4, 0.5) is 0 Å². The quantitative estimate of drug-likeness (QED) is 0.739. The number of hydrogen-bond donors (Lipinski definition) is 3. The summed E-state index contributed by atoms with van der Waals surface area (Å²) in [4.78, 5) is 11.8. The van der Waals surface area contributed by atoms with Crippen molar-refractivity contribution in [3.8, 4) is 5.75 Å². The minimum absolute atomic E-state index is 0.346. The minimum Gasteiger partial charge on any atom is -0.496 e. The monoisotopic (exact) mass is 305 g/mol. The molecule has 0 saturated carbocycles. The van der Waals surface area contributed by atoms with Crippen LogP contribution in [0.2, 0.25) is 0 Å². The van der Waals surface area contributed by atoms with E-state index in [9.17, 15) is 4.79 Å². The van der Waals surface area contributed by atoms with Gasteiger partial charge >= 0.3 is 0 Å². The van der Waals surface area contributed by atoms with Crippen molar-refractivity contribution in [3.05, 3.63) is 40.1 Å². The lowest BCUT2D eigenvalue weighted by Gasteiger charge is -2.30. The molecule has 0 aromatic heterocycles. The standard InChI is InChI=1S/C15H19N3O2S/c1-7-6-11(20-4)8(2)5-10(7)13-12(14(16)19)9(3)17-15(21)18-13/h5-6,13H,1-4H3,(H2,16,19)(H2,17,18,21). The summed E-state index contributed by atoms with van der Waals surface area (Å²) in [5, 5.41) is 6.54. The molecule has 4 N–H and O–H groups in total. The molecule has 1 unspecified atom stereocenters. The summed E-state index contributed by atoms with van der Waals surface area (Å²) in [5.41, 5.74) is 9.67. The number of ether oxygens (including phenoxy) is 1. The Hall–Kier alpha value is -2.08. The summed E-state index contributed by atoms with van der Waals surface area (Å²) in [6.07, 6.45) is 0. The highest BCUT2D eigenvalue weighted by molar-refractivity contribution is 7.80. The number of carbonyl (C=O) groups excluding carboxylic acids is 1. The van der Waals surface area contributed by atoms with Crippen molar-refractivity contribution >= 4 is 23.2 Å². The fraction of sp³-hybridized carbons (Fsp3) is 0.333. The molecule has 0 saturated heterocycles. The second-order valence-electron chi connectivity index (χ2n) is 5.11. The van der Waals surface area contributed by atoms with Crippen LogP contribution in [0.15, 0.2) is 23.4 Å². The lowest BCUT2D eigenvalue weighted by Crippen LogP contribution is -2.46. The summed E-state index contributed by atoms with van der Waals surface area (Å²) in [6.45, 7) is 5.73. The molecule has 6 heteroatoms. The third-order valence-electron chi connectivity index (χ3n) is 3.63. The summed E-state index contributed by atoms with van der Waals surface area (Å²) >= 11 is 5.19. The lowest BCUT2D eigenvalue weighted by atomic mass is 9.90. The molecule has 1 aromatic rings. The van der Waals surface area contributed by atoms with Crippen LogP contribution in [0.3, 0.4) is 0 Å². The Labute approximate surface area is 129 Å². The van der Waals surface area contributed by atoms with Gasteiger partial charge in [0.25, 0.3) is 0 Å². The number of carbonyl (C=O) groups is 1. The second-order valence-corrected chi connectivity index (χ2v) is 5.52. The average Bonchev–Trinajstić information content (AvgIpc) is 2.39. The van der Waals surface area contributed by atoms with Crippen LogP contribution in [0.1, 0.15) is 29.7 Å². The maximum Gasteiger partial charge on any atom is 0.248 e. The molecule has 21 heavy (non-hydrogen) atoms. The SMILES string of the molecule is COc1cc(C)c(C2NC(=S)NC(C)=C2C(N)=O)cc1C. The second kappa shape index (κ2) is 5.73. The summed E-state index contributed by atoms with van der Waals surface area (Å²) in [7, 11) is 1.64. The average molecular weight is 305 g/mol. The molecule has 0 spiro atoms. The van der Waals surface area contributed by atoms with Gasteiger partial charge < -0.3 is 21.1 Å². The molecule has 1 aliphatic heterocycles. The van der Waals surface area contributed by atoms with Crippen LogP contribution in [0.5, 0.6) is 5.75 Å². The molecule has 1 aromatic carbocycles. The molecule has 1 atom stereocenters. The van der Waals surface area contributed by atoms with E-state index in [4.69, 9.17) is 22.7 Å². The highest BCUT2D eigenvalue weighted by atomic mass is 32.1. The van der Waals surface area contributed by atoms with Crippen molar-refractivity contribution in [2.45, 2.75) is 26.8 Å². The topological polar surface area (TPSA) is 76.4 Å². The van der Waals surface area contributed by atoms with Gasteiger partial charge in [0.2, 0.25) is 5.91 Å². The van der Waals surface area contributed by atoms with Gasteiger partial charge in [-0.05, 0) is 61.8 Å². The van der Waals surface area contributed by atoms with Crippen LogP contribution >= 0.6 is 12.2 Å². The Balaban J connectivity index is 2.58. The Kier molecular flexibility index (Phi) is 4.18. The molecular formula is C15H19N3O2S. The van der Waals surface area contributed by atoms with Crippen LogP contribution in [0, 0.1) is 13.8 Å². The van der Waals surface area contributed by atoms with E-state index in [-0.39, 0.29) is 6.04 Å². The summed E-state index contributed by atoms with van der Waals surface area (Å²) < 4.78 is 5.32. The highest BCUT2D eigenvalue weighted by Gasteiger charge is 2.29. The van der Waals surface area contributed by atoms with E-state index in [1.54, 1.807) is 14.0 Å². The molecule has 1 amide bonds. The zero-order chi connectivity index (χ0) is 15.7. The number of methoxy groups -OCH3 is 1. The van der Waals surface area contributed by atoms with Gasteiger partial charge in [0, 0.05) is 5.70 Å². The number of rotatable bonds is 3. The fourth-order valence-electron chi connectivity index (χ4n) is 2.60. The number of aryl methyl sites for hydroxylation is 2. The predicted molar refractivity (Wildman–Crippen MR) is 86.0 cm³/mol. The van der Waals surface area contributed by atoms with Crippen molar-refractivity contribution < 1.29 is 9.53 Å². The molecule has 112 valence electrons. The smallest absolute Gasteiger partial charge is 0.248 e. The van der Waals surface area contributed by atoms with Crippen molar-refractivity contribution in [1.82, 2.24) is 10.6 Å². The van der Waals surface area contributed by atoms with Crippen LogP contribution < -0.4 is 21.1 Å². The number of thiocarbonyl (C=S) groups is 1. The summed E-state index contributed by atoms with van der Waals surface area (Å²) in [5.74, 6) is 0.349. The Bertz CT molecular complexity index is 653. The van der Waals surface area contributed by atoms with E-state index >= 15 is 0 Å². The third kappa shape index (κ3) is 2.85. The Morgan fingerprint density at radius 2 is 1.95 bits per heavy atom. The van der Waals surface area contributed by atoms with E-state index in [1.807, 2.05) is 26.0 Å². The molecule has 0 aliphatic carbocycles. The molecule has 2 rings (SSSR count). The Morgan fingerprint density at radius 3 is 2.52 bits per heavy atom. The van der Waals surface area contributed by atoms with Crippen LogP contribution in [0.25, 0.3) is 0 Å².